The summed E-state index contributed by atoms with van der Waals surface area (Å²) in [6, 6.07) is 35.1. The summed E-state index contributed by atoms with van der Waals surface area (Å²) in [6.07, 6.45) is 8.08. The van der Waals surface area contributed by atoms with Crippen LogP contribution in [0.25, 0.3) is 0 Å². The SMILES string of the molecule is C=CCOC12Oc3ccc(OCCSc4ccccc4)cc3C3C(CCCCO)C(CCCCO)C=C(C(=NOCc4ccccc4)CC1N(CCOCCO)C(=O)OCCOCc1ccccc1)C32. The van der Waals surface area contributed by atoms with Crippen LogP contribution in [0.2, 0.25) is 0 Å². The van der Waals surface area contributed by atoms with E-state index in [1.165, 1.54) is 4.90 Å². The van der Waals surface area contributed by atoms with Crippen molar-refractivity contribution >= 4 is 23.6 Å². The van der Waals surface area contributed by atoms with Crippen LogP contribution in [0.5, 0.6) is 11.5 Å². The Hall–Kier alpha value is -5.19. The van der Waals surface area contributed by atoms with Gasteiger partial charge >= 0.3 is 6.09 Å². The van der Waals surface area contributed by atoms with Crippen molar-refractivity contribution in [1.29, 1.82) is 0 Å². The number of ether oxygens (including phenoxy) is 6. The number of fused-ring (bicyclic) bond motifs is 2. The number of rotatable bonds is 30. The molecule has 1 saturated carbocycles. The molecular formula is C56H70N2O11S. The quantitative estimate of drug-likeness (QED) is 0.0197. The highest BCUT2D eigenvalue weighted by Crippen LogP contribution is 2.62. The lowest BCUT2D eigenvalue weighted by Crippen LogP contribution is -2.70. The third-order valence-corrected chi connectivity index (χ3v) is 14.1. The number of hydrogen-bond donors (Lipinski definition) is 3. The van der Waals surface area contributed by atoms with E-state index in [0.29, 0.717) is 43.3 Å². The molecule has 1 fully saturated rings. The van der Waals surface area contributed by atoms with Crippen LogP contribution < -0.4 is 9.47 Å². The Morgan fingerprint density at radius 3 is 2.23 bits per heavy atom. The summed E-state index contributed by atoms with van der Waals surface area (Å²) in [5.74, 6) is -0.120. The molecule has 1 heterocycles. The number of aliphatic hydroxyl groups excluding tert-OH is 3. The number of hydrogen-bond acceptors (Lipinski definition) is 13. The maximum atomic E-state index is 14.8. The summed E-state index contributed by atoms with van der Waals surface area (Å²) in [6.45, 7) is 5.65. The molecule has 2 aliphatic carbocycles. The first-order valence-electron chi connectivity index (χ1n) is 24.8. The average Bonchev–Trinajstić information content (AvgIpc) is 3.39. The molecule has 0 saturated heterocycles. The highest BCUT2D eigenvalue weighted by atomic mass is 32.2. The molecule has 7 rings (SSSR count). The van der Waals surface area contributed by atoms with Gasteiger partial charge in [0.05, 0.1) is 57.9 Å². The molecule has 1 aliphatic heterocycles. The molecule has 0 bridgehead atoms. The lowest BCUT2D eigenvalue weighted by molar-refractivity contribution is -0.256. The van der Waals surface area contributed by atoms with E-state index in [-0.39, 0.29) is 90.2 Å². The summed E-state index contributed by atoms with van der Waals surface area (Å²) in [5.41, 5.74) is 4.50. The van der Waals surface area contributed by atoms with Gasteiger partial charge in [-0.1, -0.05) is 109 Å². The van der Waals surface area contributed by atoms with Gasteiger partial charge in [-0.3, -0.25) is 4.90 Å². The first kappa shape index (κ1) is 52.6. The zero-order valence-corrected chi connectivity index (χ0v) is 41.0. The second-order valence-electron chi connectivity index (χ2n) is 17.7. The lowest BCUT2D eigenvalue weighted by Gasteiger charge is -2.59. The first-order valence-corrected chi connectivity index (χ1v) is 25.8. The standard InChI is InChI=1S/C56H70N2O11S/c1-2-30-67-56-52(58(26-31-63-32-29-61)55(62)66-34-33-64-40-42-16-6-3-7-17-42)39-50(57-68-41-43-18-8-4-9-19-43)48-37-44(20-12-14-27-59)47(23-13-15-28-60)53(54(48)56)49-38-45(24-25-51(49)69-56)65-35-36-70-46-21-10-5-11-22-46/h2-11,16-19,21-22,24-25,37-38,44,47,52-54,59-61H,1,12-15,20,23,26-36,39-41H2. The van der Waals surface area contributed by atoms with Crippen LogP contribution in [0.3, 0.4) is 0 Å². The van der Waals surface area contributed by atoms with Gasteiger partial charge in [0, 0.05) is 48.3 Å². The van der Waals surface area contributed by atoms with Crippen molar-refractivity contribution in [3.63, 3.8) is 0 Å². The molecule has 3 aliphatic rings. The van der Waals surface area contributed by atoms with E-state index in [1.54, 1.807) is 22.7 Å². The maximum absolute atomic E-state index is 14.8. The summed E-state index contributed by atoms with van der Waals surface area (Å²) in [4.78, 5) is 23.8. The van der Waals surface area contributed by atoms with E-state index in [9.17, 15) is 20.1 Å². The number of allylic oxidation sites excluding steroid dienone is 1. The zero-order valence-electron chi connectivity index (χ0n) is 40.2. The number of nitrogens with zero attached hydrogens (tertiary/aromatic N) is 2. The van der Waals surface area contributed by atoms with Crippen LogP contribution in [0.4, 0.5) is 4.79 Å². The number of amides is 1. The normalized spacial score (nSPS) is 21.7. The van der Waals surface area contributed by atoms with E-state index < -0.39 is 23.8 Å². The smallest absolute Gasteiger partial charge is 0.410 e. The monoisotopic (exact) mass is 978 g/mol. The van der Waals surface area contributed by atoms with Gasteiger partial charge < -0.3 is 48.6 Å². The predicted molar refractivity (Wildman–Crippen MR) is 271 cm³/mol. The highest BCUT2D eigenvalue weighted by Gasteiger charge is 2.65. The molecule has 0 aromatic heterocycles. The van der Waals surface area contributed by atoms with E-state index in [0.717, 1.165) is 53.7 Å². The fraction of sp³-hybridized carbons (Fsp3) is 0.464. The van der Waals surface area contributed by atoms with Crippen molar-refractivity contribution in [2.45, 2.75) is 80.8 Å². The Balaban J connectivity index is 1.32. The van der Waals surface area contributed by atoms with Gasteiger partial charge in [-0.25, -0.2) is 4.79 Å². The van der Waals surface area contributed by atoms with Crippen molar-refractivity contribution < 1.29 is 53.4 Å². The number of unbranched alkanes of at least 4 members (excludes halogenated alkanes) is 2. The Bertz CT molecular complexity index is 2250. The number of aliphatic hydroxyl groups is 3. The van der Waals surface area contributed by atoms with E-state index >= 15 is 0 Å². The number of benzene rings is 4. The molecule has 0 spiro atoms. The minimum atomic E-state index is -1.50. The Kier molecular flexibility index (Phi) is 21.1. The van der Waals surface area contributed by atoms with Crippen molar-refractivity contribution in [3.05, 3.63) is 150 Å². The minimum Gasteiger partial charge on any atom is -0.493 e. The van der Waals surface area contributed by atoms with Crippen molar-refractivity contribution in [2.24, 2.45) is 22.9 Å². The number of oxime groups is 1. The van der Waals surface area contributed by atoms with Crippen LogP contribution >= 0.6 is 11.8 Å². The predicted octanol–water partition coefficient (Wildman–Crippen LogP) is 9.36. The Morgan fingerprint density at radius 1 is 0.800 bits per heavy atom. The fourth-order valence-corrected chi connectivity index (χ4v) is 10.8. The Morgan fingerprint density at radius 2 is 1.51 bits per heavy atom. The van der Waals surface area contributed by atoms with Gasteiger partial charge in [0.2, 0.25) is 5.79 Å². The van der Waals surface area contributed by atoms with Crippen molar-refractivity contribution in [2.75, 3.05) is 71.8 Å². The number of carbonyl (C=O) groups is 1. The van der Waals surface area contributed by atoms with Gasteiger partial charge in [-0.2, -0.15) is 0 Å². The molecule has 6 unspecified atom stereocenters. The zero-order chi connectivity index (χ0) is 48.8. The largest absolute Gasteiger partial charge is 0.493 e. The second kappa shape index (κ2) is 28.0. The van der Waals surface area contributed by atoms with Gasteiger partial charge in [-0.15, -0.1) is 18.3 Å². The van der Waals surface area contributed by atoms with Crippen molar-refractivity contribution in [3.8, 4) is 11.5 Å². The van der Waals surface area contributed by atoms with Gasteiger partial charge in [0.1, 0.15) is 30.8 Å². The van der Waals surface area contributed by atoms with Crippen molar-refractivity contribution in [1.82, 2.24) is 4.90 Å². The summed E-state index contributed by atoms with van der Waals surface area (Å²) >= 11 is 1.74. The summed E-state index contributed by atoms with van der Waals surface area (Å²) < 4.78 is 38.8. The summed E-state index contributed by atoms with van der Waals surface area (Å²) in [5, 5.41) is 34.7. The molecule has 13 nitrogen and oxygen atoms in total. The average molecular weight is 979 g/mol. The Labute approximate surface area is 417 Å². The molecule has 376 valence electrons. The number of thioether (sulfide) groups is 1. The number of carbonyl (C=O) groups excluding carboxylic acids is 1. The van der Waals surface area contributed by atoms with Crippen LogP contribution in [-0.2, 0) is 37.0 Å². The van der Waals surface area contributed by atoms with Crippen LogP contribution in [0.1, 0.15) is 67.6 Å². The van der Waals surface area contributed by atoms with Gasteiger partial charge in [0.15, 0.2) is 0 Å². The van der Waals surface area contributed by atoms with Crippen LogP contribution in [0.15, 0.2) is 144 Å². The topological polar surface area (TPSA) is 158 Å². The molecule has 6 atom stereocenters. The molecular weight excluding hydrogens is 909 g/mol. The molecule has 4 aromatic rings. The third-order valence-electron chi connectivity index (χ3n) is 13.1. The molecule has 0 radical (unpaired) electrons. The van der Waals surface area contributed by atoms with Crippen LogP contribution in [-0.4, -0.2) is 116 Å². The molecule has 70 heavy (non-hydrogen) atoms. The van der Waals surface area contributed by atoms with Crippen LogP contribution in [0, 0.1) is 17.8 Å². The molecule has 14 heteroatoms. The van der Waals surface area contributed by atoms with E-state index in [1.807, 2.05) is 91.0 Å². The lowest BCUT2D eigenvalue weighted by atomic mass is 9.55. The minimum absolute atomic E-state index is 0.00991. The first-order chi connectivity index (χ1) is 34.5. The molecule has 1 amide bonds. The van der Waals surface area contributed by atoms with Gasteiger partial charge in [0.25, 0.3) is 0 Å². The molecule has 4 aromatic carbocycles. The van der Waals surface area contributed by atoms with Gasteiger partial charge in [-0.05, 0) is 84.6 Å². The van der Waals surface area contributed by atoms with E-state index in [4.69, 9.17) is 38.4 Å². The highest BCUT2D eigenvalue weighted by molar-refractivity contribution is 7.99. The molecule has 3 N–H and O–H groups in total. The van der Waals surface area contributed by atoms with E-state index in [2.05, 4.69) is 30.9 Å². The fourth-order valence-electron chi connectivity index (χ4n) is 10.1. The third kappa shape index (κ3) is 14.0. The maximum Gasteiger partial charge on any atom is 0.410 e. The summed E-state index contributed by atoms with van der Waals surface area (Å²) in [7, 11) is 0. The second-order valence-corrected chi connectivity index (χ2v) is 18.9.